The predicted molar refractivity (Wildman–Crippen MR) is 111 cm³/mol. The Kier molecular flexibility index (Phi) is 7.10. The minimum absolute atomic E-state index is 0.159. The highest BCUT2D eigenvalue weighted by atomic mass is 35.5. The normalized spacial score (nSPS) is 15.9. The Labute approximate surface area is 175 Å². The number of amides is 1. The first kappa shape index (κ1) is 20.8. The summed E-state index contributed by atoms with van der Waals surface area (Å²) in [7, 11) is 3.47. The Bertz CT molecular complexity index is 828. The molecule has 0 saturated heterocycles. The third kappa shape index (κ3) is 4.93. The molecule has 3 rings (SSSR count). The fourth-order valence-corrected chi connectivity index (χ4v) is 3.90. The number of methoxy groups -OCH3 is 1. The number of carbonyl (C=O) groups is 1. The highest BCUT2D eigenvalue weighted by Gasteiger charge is 2.26. The molecule has 1 N–H and O–H groups in total. The summed E-state index contributed by atoms with van der Waals surface area (Å²) in [6.45, 7) is 0. The van der Waals surface area contributed by atoms with Gasteiger partial charge in [0, 0.05) is 32.0 Å². The zero-order valence-electron chi connectivity index (χ0n) is 16.0. The maximum Gasteiger partial charge on any atom is 0.254 e. The summed E-state index contributed by atoms with van der Waals surface area (Å²) in [4.78, 5) is 22.8. The van der Waals surface area contributed by atoms with Crippen molar-refractivity contribution in [2.24, 2.45) is 5.92 Å². The van der Waals surface area contributed by atoms with Crippen molar-refractivity contribution in [1.29, 1.82) is 0 Å². The summed E-state index contributed by atoms with van der Waals surface area (Å²) in [6.07, 6.45) is 6.97. The quantitative estimate of drug-likeness (QED) is 0.532. The molecule has 2 aromatic rings. The van der Waals surface area contributed by atoms with E-state index in [-0.39, 0.29) is 17.4 Å². The fourth-order valence-electron chi connectivity index (χ4n) is 3.55. The third-order valence-electron chi connectivity index (χ3n) is 5.14. The van der Waals surface area contributed by atoms with Crippen LogP contribution in [-0.2, 0) is 4.74 Å². The van der Waals surface area contributed by atoms with Crippen LogP contribution in [0.3, 0.4) is 0 Å². The molecule has 1 atom stereocenters. The second kappa shape index (κ2) is 9.54. The topological polar surface area (TPSA) is 67.3 Å². The van der Waals surface area contributed by atoms with E-state index in [9.17, 15) is 4.79 Å². The van der Waals surface area contributed by atoms with E-state index in [0.717, 1.165) is 18.5 Å². The number of aromatic nitrogens is 2. The predicted octanol–water partition coefficient (Wildman–Crippen LogP) is 4.83. The van der Waals surface area contributed by atoms with Crippen LogP contribution in [0.2, 0.25) is 10.3 Å². The van der Waals surface area contributed by atoms with E-state index in [4.69, 9.17) is 27.9 Å². The Balaban J connectivity index is 1.79. The van der Waals surface area contributed by atoms with E-state index >= 15 is 0 Å². The van der Waals surface area contributed by atoms with Gasteiger partial charge in [0.1, 0.15) is 12.0 Å². The molecule has 1 aliphatic rings. The summed E-state index contributed by atoms with van der Waals surface area (Å²) in [5, 5.41) is 3.54. The average Bonchev–Trinajstić information content (AvgIpc) is 2.72. The number of hydrogen-bond donors (Lipinski definition) is 1. The SMILES string of the molecule is COC(NC(=O)c1cc(N(C)c2ccnc(Cl)n2)ccc1Cl)C1CCCCC1. The van der Waals surface area contributed by atoms with Crippen molar-refractivity contribution in [1.82, 2.24) is 15.3 Å². The van der Waals surface area contributed by atoms with E-state index in [1.54, 1.807) is 31.5 Å². The van der Waals surface area contributed by atoms with Crippen LogP contribution in [0.1, 0.15) is 42.5 Å². The van der Waals surface area contributed by atoms with Crippen molar-refractivity contribution in [3.05, 3.63) is 46.3 Å². The lowest BCUT2D eigenvalue weighted by molar-refractivity contribution is 0.0122. The van der Waals surface area contributed by atoms with Gasteiger partial charge in [0.2, 0.25) is 5.28 Å². The molecule has 6 nitrogen and oxygen atoms in total. The monoisotopic (exact) mass is 422 g/mol. The zero-order chi connectivity index (χ0) is 20.1. The first-order valence-corrected chi connectivity index (χ1v) is 10.1. The smallest absolute Gasteiger partial charge is 0.254 e. The molecule has 1 aromatic carbocycles. The highest BCUT2D eigenvalue weighted by Crippen LogP contribution is 2.29. The molecule has 1 saturated carbocycles. The number of carbonyl (C=O) groups excluding carboxylic acids is 1. The molecule has 0 spiro atoms. The van der Waals surface area contributed by atoms with Crippen LogP contribution in [0.25, 0.3) is 0 Å². The molecule has 150 valence electrons. The first-order chi connectivity index (χ1) is 13.5. The minimum Gasteiger partial charge on any atom is -0.361 e. The van der Waals surface area contributed by atoms with Gasteiger partial charge >= 0.3 is 0 Å². The van der Waals surface area contributed by atoms with E-state index in [1.165, 1.54) is 19.3 Å². The number of rotatable bonds is 6. The molecule has 0 radical (unpaired) electrons. The van der Waals surface area contributed by atoms with E-state index in [0.29, 0.717) is 22.3 Å². The van der Waals surface area contributed by atoms with Crippen LogP contribution < -0.4 is 10.2 Å². The lowest BCUT2D eigenvalue weighted by atomic mass is 9.88. The van der Waals surface area contributed by atoms with Gasteiger partial charge in [-0.1, -0.05) is 30.9 Å². The average molecular weight is 423 g/mol. The van der Waals surface area contributed by atoms with Crippen molar-refractivity contribution in [2.75, 3.05) is 19.1 Å². The number of nitrogens with one attached hydrogen (secondary N) is 1. The summed E-state index contributed by atoms with van der Waals surface area (Å²) in [5.41, 5.74) is 1.15. The van der Waals surface area contributed by atoms with E-state index < -0.39 is 0 Å². The van der Waals surface area contributed by atoms with Gasteiger partial charge in [-0.25, -0.2) is 9.97 Å². The number of ether oxygens (including phenoxy) is 1. The molecule has 0 bridgehead atoms. The summed E-state index contributed by atoms with van der Waals surface area (Å²) in [6, 6.07) is 7.00. The Morgan fingerprint density at radius 1 is 1.25 bits per heavy atom. The zero-order valence-corrected chi connectivity index (χ0v) is 17.5. The summed E-state index contributed by atoms with van der Waals surface area (Å²) < 4.78 is 5.56. The molecule has 8 heteroatoms. The van der Waals surface area contributed by atoms with Crippen molar-refractivity contribution >= 4 is 40.6 Å². The minimum atomic E-state index is -0.314. The van der Waals surface area contributed by atoms with Crippen molar-refractivity contribution < 1.29 is 9.53 Å². The highest BCUT2D eigenvalue weighted by molar-refractivity contribution is 6.34. The van der Waals surface area contributed by atoms with Gasteiger partial charge in [0.25, 0.3) is 5.91 Å². The maximum absolute atomic E-state index is 12.9. The summed E-state index contributed by atoms with van der Waals surface area (Å²) in [5.74, 6) is 0.694. The molecule has 0 aliphatic heterocycles. The Morgan fingerprint density at radius 2 is 2.00 bits per heavy atom. The Hall–Kier alpha value is -1.89. The second-order valence-electron chi connectivity index (χ2n) is 6.93. The molecule has 1 heterocycles. The van der Waals surface area contributed by atoms with Crippen LogP contribution in [0, 0.1) is 5.92 Å². The van der Waals surface area contributed by atoms with Crippen LogP contribution in [0.15, 0.2) is 30.5 Å². The van der Waals surface area contributed by atoms with Gasteiger partial charge in [-0.05, 0) is 48.7 Å². The van der Waals surface area contributed by atoms with Gasteiger partial charge in [0.15, 0.2) is 0 Å². The lowest BCUT2D eigenvalue weighted by Crippen LogP contribution is -2.42. The van der Waals surface area contributed by atoms with Crippen LogP contribution >= 0.6 is 23.2 Å². The van der Waals surface area contributed by atoms with E-state index in [2.05, 4.69) is 15.3 Å². The van der Waals surface area contributed by atoms with Gasteiger partial charge in [-0.3, -0.25) is 4.79 Å². The number of benzene rings is 1. The Morgan fingerprint density at radius 3 is 2.68 bits per heavy atom. The third-order valence-corrected chi connectivity index (χ3v) is 5.65. The van der Waals surface area contributed by atoms with Crippen molar-refractivity contribution in [3.63, 3.8) is 0 Å². The largest absolute Gasteiger partial charge is 0.361 e. The lowest BCUT2D eigenvalue weighted by Gasteiger charge is -2.30. The van der Waals surface area contributed by atoms with Crippen LogP contribution in [0.4, 0.5) is 11.5 Å². The standard InChI is InChI=1S/C20H24Cl2N4O2/c1-26(17-10-11-23-20(22)24-17)14-8-9-16(21)15(12-14)18(27)25-19(28-2)13-6-4-3-5-7-13/h8-13,19H,3-7H2,1-2H3,(H,25,27). The van der Waals surface area contributed by atoms with Crippen LogP contribution in [0.5, 0.6) is 0 Å². The van der Waals surface area contributed by atoms with Gasteiger partial charge in [-0.15, -0.1) is 0 Å². The molecule has 1 amide bonds. The van der Waals surface area contributed by atoms with Gasteiger partial charge in [-0.2, -0.15) is 0 Å². The maximum atomic E-state index is 12.9. The van der Waals surface area contributed by atoms with Crippen LogP contribution in [-0.4, -0.2) is 36.3 Å². The molecule has 1 fully saturated rings. The second-order valence-corrected chi connectivity index (χ2v) is 7.68. The number of nitrogens with zero attached hydrogens (tertiary/aromatic N) is 3. The fraction of sp³-hybridized carbons (Fsp3) is 0.450. The number of anilines is 2. The number of hydrogen-bond acceptors (Lipinski definition) is 5. The van der Waals surface area contributed by atoms with Crippen molar-refractivity contribution in [2.45, 2.75) is 38.3 Å². The number of halogens is 2. The van der Waals surface area contributed by atoms with Gasteiger partial charge < -0.3 is 15.0 Å². The molecular weight excluding hydrogens is 399 g/mol. The van der Waals surface area contributed by atoms with E-state index in [1.807, 2.05) is 18.0 Å². The molecule has 1 unspecified atom stereocenters. The molecule has 1 aliphatic carbocycles. The van der Waals surface area contributed by atoms with Gasteiger partial charge in [0.05, 0.1) is 10.6 Å². The molecule has 1 aromatic heterocycles. The summed E-state index contributed by atoms with van der Waals surface area (Å²) >= 11 is 12.2. The van der Waals surface area contributed by atoms with Crippen molar-refractivity contribution in [3.8, 4) is 0 Å². The molecule has 28 heavy (non-hydrogen) atoms. The molecular formula is C20H24Cl2N4O2. The first-order valence-electron chi connectivity index (χ1n) is 9.35.